The maximum atomic E-state index is 12.4. The van der Waals surface area contributed by atoms with Gasteiger partial charge in [0.25, 0.3) is 5.91 Å². The van der Waals surface area contributed by atoms with Crippen LogP contribution in [-0.2, 0) is 9.53 Å². The van der Waals surface area contributed by atoms with Crippen LogP contribution in [0.3, 0.4) is 0 Å². The number of hydrogen-bond acceptors (Lipinski definition) is 5. The Morgan fingerprint density at radius 1 is 1.12 bits per heavy atom. The summed E-state index contributed by atoms with van der Waals surface area (Å²) in [6.45, 7) is 3.90. The van der Waals surface area contributed by atoms with Crippen LogP contribution in [0.15, 0.2) is 54.6 Å². The van der Waals surface area contributed by atoms with Crippen molar-refractivity contribution in [1.29, 1.82) is 0 Å². The maximum Gasteiger partial charge on any atom is 0.349 e. The average molecular weight is 369 g/mol. The third kappa shape index (κ3) is 4.03. The highest BCUT2D eigenvalue weighted by Crippen LogP contribution is 2.27. The van der Waals surface area contributed by atoms with E-state index in [1.165, 1.54) is 11.3 Å². The van der Waals surface area contributed by atoms with Crippen molar-refractivity contribution >= 4 is 39.0 Å². The molecule has 1 aromatic heterocycles. The van der Waals surface area contributed by atoms with Crippen LogP contribution in [0.4, 0.5) is 5.69 Å². The third-order valence-corrected chi connectivity index (χ3v) is 4.82. The van der Waals surface area contributed by atoms with E-state index in [2.05, 4.69) is 5.32 Å². The predicted octanol–water partition coefficient (Wildman–Crippen LogP) is 4.48. The maximum absolute atomic E-state index is 12.4. The minimum absolute atomic E-state index is 0.411. The van der Waals surface area contributed by atoms with E-state index >= 15 is 0 Å². The third-order valence-electron chi connectivity index (χ3n) is 3.72. The molecule has 134 valence electrons. The summed E-state index contributed by atoms with van der Waals surface area (Å²) in [5, 5.41) is 3.72. The number of ether oxygens (including phenoxy) is 2. The average Bonchev–Trinajstić information content (AvgIpc) is 3.08. The van der Waals surface area contributed by atoms with Crippen molar-refractivity contribution in [3.05, 3.63) is 59.5 Å². The second kappa shape index (κ2) is 8.01. The van der Waals surface area contributed by atoms with Gasteiger partial charge in [0, 0.05) is 4.70 Å². The number of fused-ring (bicyclic) bond motifs is 1. The molecule has 6 heteroatoms. The summed E-state index contributed by atoms with van der Waals surface area (Å²) in [6, 6.07) is 16.6. The van der Waals surface area contributed by atoms with Gasteiger partial charge in [0.15, 0.2) is 6.10 Å². The van der Waals surface area contributed by atoms with Gasteiger partial charge in [-0.1, -0.05) is 30.3 Å². The Hall–Kier alpha value is -2.86. The monoisotopic (exact) mass is 369 g/mol. The normalized spacial score (nSPS) is 11.8. The number of rotatable bonds is 6. The topological polar surface area (TPSA) is 64.6 Å². The van der Waals surface area contributed by atoms with Gasteiger partial charge < -0.3 is 14.8 Å². The fourth-order valence-electron chi connectivity index (χ4n) is 2.44. The Labute approximate surface area is 155 Å². The Balaban J connectivity index is 1.66. The van der Waals surface area contributed by atoms with Crippen molar-refractivity contribution in [3.63, 3.8) is 0 Å². The molecule has 3 aromatic rings. The molecule has 1 heterocycles. The molecule has 1 atom stereocenters. The quantitative estimate of drug-likeness (QED) is 0.651. The highest BCUT2D eigenvalue weighted by atomic mass is 32.1. The van der Waals surface area contributed by atoms with Crippen molar-refractivity contribution in [1.82, 2.24) is 0 Å². The first kappa shape index (κ1) is 17.9. The van der Waals surface area contributed by atoms with Gasteiger partial charge in [0.1, 0.15) is 10.6 Å². The highest BCUT2D eigenvalue weighted by molar-refractivity contribution is 7.20. The molecule has 0 bridgehead atoms. The van der Waals surface area contributed by atoms with Crippen LogP contribution in [0.1, 0.15) is 23.5 Å². The Bertz CT molecular complexity index is 901. The molecular weight excluding hydrogens is 350 g/mol. The number of esters is 1. The fourth-order valence-corrected chi connectivity index (χ4v) is 3.39. The van der Waals surface area contributed by atoms with Gasteiger partial charge in [0.05, 0.1) is 12.3 Å². The molecule has 2 aromatic carbocycles. The molecule has 1 amide bonds. The van der Waals surface area contributed by atoms with E-state index in [0.29, 0.717) is 22.9 Å². The molecule has 26 heavy (non-hydrogen) atoms. The number of amides is 1. The van der Waals surface area contributed by atoms with Crippen molar-refractivity contribution in [2.24, 2.45) is 0 Å². The van der Waals surface area contributed by atoms with Gasteiger partial charge in [-0.05, 0) is 43.5 Å². The number of carbonyl (C=O) groups is 2. The summed E-state index contributed by atoms with van der Waals surface area (Å²) in [7, 11) is 0. The van der Waals surface area contributed by atoms with E-state index in [1.807, 2.05) is 37.3 Å². The molecule has 0 unspecified atom stereocenters. The molecule has 0 saturated carbocycles. The first-order valence-electron chi connectivity index (χ1n) is 8.30. The Kier molecular flexibility index (Phi) is 5.53. The number of carbonyl (C=O) groups excluding carboxylic acids is 2. The standard InChI is InChI=1S/C20H19NO4S/c1-3-24-16-10-6-5-9-15(16)21-19(22)13(2)25-20(23)18-12-14-8-4-7-11-17(14)26-18/h4-13H,3H2,1-2H3,(H,21,22)/t13-/m0/s1. The van der Waals surface area contributed by atoms with Gasteiger partial charge in [0.2, 0.25) is 0 Å². The van der Waals surface area contributed by atoms with E-state index in [0.717, 1.165) is 10.1 Å². The molecule has 0 fully saturated rings. The lowest BCUT2D eigenvalue weighted by Gasteiger charge is -2.15. The van der Waals surface area contributed by atoms with Gasteiger partial charge >= 0.3 is 5.97 Å². The SMILES string of the molecule is CCOc1ccccc1NC(=O)[C@H](C)OC(=O)c1cc2ccccc2s1. The molecule has 0 saturated heterocycles. The Morgan fingerprint density at radius 2 is 1.85 bits per heavy atom. The number of para-hydroxylation sites is 2. The van der Waals surface area contributed by atoms with Gasteiger partial charge in [-0.25, -0.2) is 4.79 Å². The lowest BCUT2D eigenvalue weighted by atomic mass is 10.2. The number of thiophene rings is 1. The molecule has 3 rings (SSSR count). The van der Waals surface area contributed by atoms with E-state index in [4.69, 9.17) is 9.47 Å². The van der Waals surface area contributed by atoms with Gasteiger partial charge in [-0.2, -0.15) is 0 Å². The summed E-state index contributed by atoms with van der Waals surface area (Å²) in [6.07, 6.45) is -0.928. The van der Waals surface area contributed by atoms with E-state index in [-0.39, 0.29) is 0 Å². The molecule has 0 radical (unpaired) electrons. The first-order valence-corrected chi connectivity index (χ1v) is 9.12. The zero-order valence-electron chi connectivity index (χ0n) is 14.5. The summed E-state index contributed by atoms with van der Waals surface area (Å²) < 4.78 is 11.8. The van der Waals surface area contributed by atoms with E-state index < -0.39 is 18.0 Å². The second-order valence-corrected chi connectivity index (χ2v) is 6.70. The van der Waals surface area contributed by atoms with Crippen LogP contribution < -0.4 is 10.1 Å². The van der Waals surface area contributed by atoms with E-state index in [1.54, 1.807) is 31.2 Å². The first-order chi connectivity index (χ1) is 12.6. The van der Waals surface area contributed by atoms with E-state index in [9.17, 15) is 9.59 Å². The number of anilines is 1. The van der Waals surface area contributed by atoms with Crippen LogP contribution in [0, 0.1) is 0 Å². The highest BCUT2D eigenvalue weighted by Gasteiger charge is 2.21. The Morgan fingerprint density at radius 3 is 2.62 bits per heavy atom. The molecule has 0 aliphatic carbocycles. The zero-order valence-corrected chi connectivity index (χ0v) is 15.3. The van der Waals surface area contributed by atoms with Gasteiger partial charge in [-0.15, -0.1) is 11.3 Å². The molecule has 1 N–H and O–H groups in total. The van der Waals surface area contributed by atoms with Gasteiger partial charge in [-0.3, -0.25) is 4.79 Å². The van der Waals surface area contributed by atoms with Crippen molar-refractivity contribution in [2.75, 3.05) is 11.9 Å². The van der Waals surface area contributed by atoms with Crippen LogP contribution >= 0.6 is 11.3 Å². The zero-order chi connectivity index (χ0) is 18.5. The number of benzene rings is 2. The summed E-state index contributed by atoms with van der Waals surface area (Å²) in [5.41, 5.74) is 0.545. The largest absolute Gasteiger partial charge is 0.492 e. The molecule has 0 spiro atoms. The lowest BCUT2D eigenvalue weighted by Crippen LogP contribution is -2.30. The van der Waals surface area contributed by atoms with Crippen LogP contribution in [0.25, 0.3) is 10.1 Å². The minimum Gasteiger partial charge on any atom is -0.492 e. The summed E-state index contributed by atoms with van der Waals surface area (Å²) in [5.74, 6) is -0.343. The van der Waals surface area contributed by atoms with Crippen molar-refractivity contribution in [3.8, 4) is 5.75 Å². The molecule has 0 aliphatic rings. The second-order valence-electron chi connectivity index (χ2n) is 5.61. The van der Waals surface area contributed by atoms with Crippen molar-refractivity contribution in [2.45, 2.75) is 20.0 Å². The predicted molar refractivity (Wildman–Crippen MR) is 103 cm³/mol. The molecular formula is C20H19NO4S. The number of hydrogen-bond donors (Lipinski definition) is 1. The van der Waals surface area contributed by atoms with Crippen LogP contribution in [-0.4, -0.2) is 24.6 Å². The number of nitrogens with one attached hydrogen (secondary N) is 1. The molecule has 0 aliphatic heterocycles. The summed E-state index contributed by atoms with van der Waals surface area (Å²) >= 11 is 1.35. The van der Waals surface area contributed by atoms with Crippen LogP contribution in [0.2, 0.25) is 0 Å². The molecule has 5 nitrogen and oxygen atoms in total. The summed E-state index contributed by atoms with van der Waals surface area (Å²) in [4.78, 5) is 25.2. The van der Waals surface area contributed by atoms with Crippen LogP contribution in [0.5, 0.6) is 5.75 Å². The minimum atomic E-state index is -0.928. The van der Waals surface area contributed by atoms with Crippen molar-refractivity contribution < 1.29 is 19.1 Å². The fraction of sp³-hybridized carbons (Fsp3) is 0.200. The smallest absolute Gasteiger partial charge is 0.349 e. The lowest BCUT2D eigenvalue weighted by molar-refractivity contribution is -0.123.